The molecule has 6 nitrogen and oxygen atoms in total. The van der Waals surface area contributed by atoms with E-state index in [-0.39, 0.29) is 19.1 Å². The molecule has 0 unspecified atom stereocenters. The smallest absolute Gasteiger partial charge is 0.244 e. The molecule has 2 heterocycles. The Balaban J connectivity index is 1.32. The summed E-state index contributed by atoms with van der Waals surface area (Å²) in [5.41, 5.74) is 7.72. The first-order chi connectivity index (χ1) is 15.6. The van der Waals surface area contributed by atoms with Gasteiger partial charge in [0, 0.05) is 22.3 Å². The summed E-state index contributed by atoms with van der Waals surface area (Å²) in [6, 6.07) is 22.2. The summed E-state index contributed by atoms with van der Waals surface area (Å²) in [7, 11) is 0. The van der Waals surface area contributed by atoms with Gasteiger partial charge in [0.25, 0.3) is 0 Å². The maximum Gasteiger partial charge on any atom is 0.244 e. The van der Waals surface area contributed by atoms with Crippen molar-refractivity contribution in [1.29, 1.82) is 0 Å². The van der Waals surface area contributed by atoms with Crippen molar-refractivity contribution in [3.8, 4) is 17.2 Å². The van der Waals surface area contributed by atoms with Crippen LogP contribution in [0.4, 0.5) is 0 Å². The summed E-state index contributed by atoms with van der Waals surface area (Å²) in [6.07, 6.45) is 1.91. The zero-order chi connectivity index (χ0) is 22.1. The Morgan fingerprint density at radius 3 is 2.75 bits per heavy atom. The average molecular weight is 425 g/mol. The van der Waals surface area contributed by atoms with Crippen LogP contribution in [0.15, 0.2) is 71.8 Å². The van der Waals surface area contributed by atoms with Crippen LogP contribution in [0.2, 0.25) is 0 Å². The topological polar surface area (TPSA) is 64.8 Å². The Kier molecular flexibility index (Phi) is 5.11. The van der Waals surface area contributed by atoms with Gasteiger partial charge in [-0.05, 0) is 49.1 Å². The number of aryl methyl sites for hydroxylation is 1. The third-order valence-corrected chi connectivity index (χ3v) is 5.67. The molecular formula is C26H23N3O3. The van der Waals surface area contributed by atoms with Gasteiger partial charge in [-0.3, -0.25) is 4.79 Å². The molecule has 0 atom stereocenters. The van der Waals surface area contributed by atoms with Crippen molar-refractivity contribution in [1.82, 2.24) is 9.99 Å². The molecule has 6 heteroatoms. The predicted octanol–water partition coefficient (Wildman–Crippen LogP) is 4.67. The summed E-state index contributed by atoms with van der Waals surface area (Å²) in [4.78, 5) is 12.3. The molecular weight excluding hydrogens is 402 g/mol. The van der Waals surface area contributed by atoms with Crippen LogP contribution in [-0.2, 0) is 11.2 Å². The molecule has 1 N–H and O–H groups in total. The van der Waals surface area contributed by atoms with E-state index in [1.54, 1.807) is 6.21 Å². The van der Waals surface area contributed by atoms with Gasteiger partial charge in [-0.2, -0.15) is 5.10 Å². The van der Waals surface area contributed by atoms with E-state index < -0.39 is 0 Å². The molecule has 1 amide bonds. The third kappa shape index (κ3) is 3.71. The van der Waals surface area contributed by atoms with Crippen molar-refractivity contribution >= 4 is 22.9 Å². The van der Waals surface area contributed by atoms with Crippen LogP contribution in [0, 0.1) is 13.8 Å². The van der Waals surface area contributed by atoms with Crippen LogP contribution in [0.5, 0.6) is 11.5 Å². The van der Waals surface area contributed by atoms with E-state index in [1.807, 2.05) is 24.3 Å². The molecule has 0 bridgehead atoms. The zero-order valence-corrected chi connectivity index (χ0v) is 18.0. The van der Waals surface area contributed by atoms with Gasteiger partial charge in [0.15, 0.2) is 11.5 Å². The van der Waals surface area contributed by atoms with Crippen LogP contribution in [0.25, 0.3) is 16.5 Å². The number of ether oxygens (including phenoxy) is 2. The molecule has 0 aliphatic carbocycles. The third-order valence-electron chi connectivity index (χ3n) is 5.67. The van der Waals surface area contributed by atoms with E-state index in [1.165, 1.54) is 10.8 Å². The van der Waals surface area contributed by atoms with Crippen molar-refractivity contribution < 1.29 is 14.3 Å². The Bertz CT molecular complexity index is 1350. The van der Waals surface area contributed by atoms with Crippen LogP contribution in [0.1, 0.15) is 22.5 Å². The van der Waals surface area contributed by atoms with Gasteiger partial charge < -0.3 is 14.0 Å². The number of hydrogen-bond acceptors (Lipinski definition) is 4. The number of benzene rings is 3. The highest BCUT2D eigenvalue weighted by Crippen LogP contribution is 2.32. The first-order valence-electron chi connectivity index (χ1n) is 10.5. The molecule has 0 radical (unpaired) electrons. The molecule has 0 spiro atoms. The van der Waals surface area contributed by atoms with Crippen LogP contribution in [0.3, 0.4) is 0 Å². The second kappa shape index (κ2) is 8.23. The number of fused-ring (bicyclic) bond motifs is 2. The highest BCUT2D eigenvalue weighted by molar-refractivity contribution is 5.91. The largest absolute Gasteiger partial charge is 0.454 e. The second-order valence-electron chi connectivity index (χ2n) is 7.82. The van der Waals surface area contributed by atoms with E-state index in [0.29, 0.717) is 11.5 Å². The minimum atomic E-state index is -0.192. The molecule has 3 aromatic carbocycles. The number of nitrogens with one attached hydrogen (secondary N) is 1. The van der Waals surface area contributed by atoms with E-state index in [4.69, 9.17) is 9.47 Å². The summed E-state index contributed by atoms with van der Waals surface area (Å²) in [6.45, 7) is 4.35. The fourth-order valence-corrected chi connectivity index (χ4v) is 4.14. The van der Waals surface area contributed by atoms with Crippen molar-refractivity contribution in [2.45, 2.75) is 20.3 Å². The summed E-state index contributed by atoms with van der Waals surface area (Å²) in [5.74, 6) is 1.18. The normalized spacial score (nSPS) is 12.6. The first kappa shape index (κ1) is 19.9. The number of nitrogens with zero attached hydrogens (tertiary/aromatic N) is 2. The maximum absolute atomic E-state index is 12.3. The molecule has 0 saturated heterocycles. The van der Waals surface area contributed by atoms with Gasteiger partial charge in [0.05, 0.1) is 18.3 Å². The Labute approximate surface area is 186 Å². The van der Waals surface area contributed by atoms with E-state index in [2.05, 4.69) is 71.4 Å². The standard InChI is InChI=1S/C26H23N3O3/c1-17-12-21(18(2)29(17)23-9-5-7-20-6-3-4-8-22(20)23)15-27-28-26(30)14-19-10-11-24-25(13-19)32-16-31-24/h3-13,15H,14,16H2,1-2H3,(H,28,30)/b27-15-. The minimum Gasteiger partial charge on any atom is -0.454 e. The number of amides is 1. The van der Waals surface area contributed by atoms with Crippen LogP contribution in [-0.4, -0.2) is 23.5 Å². The second-order valence-corrected chi connectivity index (χ2v) is 7.82. The van der Waals surface area contributed by atoms with Gasteiger partial charge in [-0.1, -0.05) is 42.5 Å². The van der Waals surface area contributed by atoms with E-state index in [0.717, 1.165) is 28.2 Å². The van der Waals surface area contributed by atoms with E-state index in [9.17, 15) is 4.79 Å². The van der Waals surface area contributed by atoms with Crippen LogP contribution >= 0.6 is 0 Å². The number of hydrazone groups is 1. The Hall–Kier alpha value is -4.06. The maximum atomic E-state index is 12.3. The molecule has 160 valence electrons. The summed E-state index contributed by atoms with van der Waals surface area (Å²) in [5, 5.41) is 6.58. The predicted molar refractivity (Wildman–Crippen MR) is 125 cm³/mol. The lowest BCUT2D eigenvalue weighted by atomic mass is 10.1. The van der Waals surface area contributed by atoms with Crippen molar-refractivity contribution in [3.63, 3.8) is 0 Å². The van der Waals surface area contributed by atoms with Gasteiger partial charge in [-0.15, -0.1) is 0 Å². The highest BCUT2D eigenvalue weighted by Gasteiger charge is 2.15. The van der Waals surface area contributed by atoms with Gasteiger partial charge in [0.1, 0.15) is 0 Å². The number of rotatable bonds is 5. The van der Waals surface area contributed by atoms with Gasteiger partial charge in [0.2, 0.25) is 12.7 Å². The zero-order valence-electron chi connectivity index (χ0n) is 18.0. The van der Waals surface area contributed by atoms with Crippen molar-refractivity contribution in [3.05, 3.63) is 89.2 Å². The first-order valence-corrected chi connectivity index (χ1v) is 10.5. The monoisotopic (exact) mass is 425 g/mol. The number of hydrogen-bond donors (Lipinski definition) is 1. The van der Waals surface area contributed by atoms with E-state index >= 15 is 0 Å². The number of carbonyl (C=O) groups is 1. The Morgan fingerprint density at radius 2 is 1.84 bits per heavy atom. The SMILES string of the molecule is Cc1cc(/C=N\NC(=O)Cc2ccc3c(c2)OCO3)c(C)n1-c1cccc2ccccc12. The Morgan fingerprint density at radius 1 is 1.03 bits per heavy atom. The number of aromatic nitrogens is 1. The average Bonchev–Trinajstić information content (AvgIpc) is 3.37. The fraction of sp³-hybridized carbons (Fsp3) is 0.154. The highest BCUT2D eigenvalue weighted by atomic mass is 16.7. The molecule has 32 heavy (non-hydrogen) atoms. The molecule has 1 aromatic heterocycles. The number of carbonyl (C=O) groups excluding carboxylic acids is 1. The summed E-state index contributed by atoms with van der Waals surface area (Å²) >= 11 is 0. The van der Waals surface area contributed by atoms with Crippen molar-refractivity contribution in [2.75, 3.05) is 6.79 Å². The minimum absolute atomic E-state index is 0.192. The molecule has 5 rings (SSSR count). The molecule has 1 aliphatic heterocycles. The molecule has 1 aliphatic rings. The lowest BCUT2D eigenvalue weighted by Gasteiger charge is -2.12. The summed E-state index contributed by atoms with van der Waals surface area (Å²) < 4.78 is 12.9. The van der Waals surface area contributed by atoms with Gasteiger partial charge in [-0.25, -0.2) is 5.43 Å². The van der Waals surface area contributed by atoms with Gasteiger partial charge >= 0.3 is 0 Å². The fourth-order valence-electron chi connectivity index (χ4n) is 4.14. The van der Waals surface area contributed by atoms with Crippen LogP contribution < -0.4 is 14.9 Å². The molecule has 4 aromatic rings. The molecule has 0 fully saturated rings. The quantitative estimate of drug-likeness (QED) is 0.373. The molecule has 0 saturated carbocycles. The lowest BCUT2D eigenvalue weighted by Crippen LogP contribution is -2.19. The van der Waals surface area contributed by atoms with Crippen molar-refractivity contribution in [2.24, 2.45) is 5.10 Å². The lowest BCUT2D eigenvalue weighted by molar-refractivity contribution is -0.120.